The number of carbonyl (C=O) groups excluding carboxylic acids is 1. The van der Waals surface area contributed by atoms with Crippen molar-refractivity contribution in [1.29, 1.82) is 0 Å². The molecule has 1 fully saturated rings. The first-order valence-corrected chi connectivity index (χ1v) is 6.39. The third kappa shape index (κ3) is 2.79. The van der Waals surface area contributed by atoms with Crippen LogP contribution in [0.2, 0.25) is 0 Å². The number of hydrogen-bond donors (Lipinski definition) is 1. The summed E-state index contributed by atoms with van der Waals surface area (Å²) in [5.74, 6) is 0.141. The summed E-state index contributed by atoms with van der Waals surface area (Å²) in [6.07, 6.45) is 4.11. The van der Waals surface area contributed by atoms with Gasteiger partial charge in [-0.25, -0.2) is 0 Å². The zero-order valence-electron chi connectivity index (χ0n) is 10.6. The Morgan fingerprint density at radius 2 is 1.94 bits per heavy atom. The van der Waals surface area contributed by atoms with Crippen LogP contribution in [0.25, 0.3) is 0 Å². The molecule has 0 aromatic carbocycles. The summed E-state index contributed by atoms with van der Waals surface area (Å²) < 4.78 is 1.83. The summed E-state index contributed by atoms with van der Waals surface area (Å²) in [6, 6.07) is 2.78. The van der Waals surface area contributed by atoms with Gasteiger partial charge in [-0.15, -0.1) is 0 Å². The Kier molecular flexibility index (Phi) is 4.15. The van der Waals surface area contributed by atoms with Crippen LogP contribution in [0.4, 0.5) is 0 Å². The third-order valence-corrected chi connectivity index (χ3v) is 3.28. The van der Waals surface area contributed by atoms with Crippen molar-refractivity contribution in [2.75, 3.05) is 26.2 Å². The maximum absolute atomic E-state index is 12.4. The van der Waals surface area contributed by atoms with Crippen molar-refractivity contribution in [1.82, 2.24) is 14.8 Å². The summed E-state index contributed by atoms with van der Waals surface area (Å²) in [7, 11) is 0. The maximum atomic E-state index is 12.4. The Morgan fingerprint density at radius 3 is 2.50 bits per heavy atom. The molecule has 0 radical (unpaired) electrons. The highest BCUT2D eigenvalue weighted by molar-refractivity contribution is 5.80. The summed E-state index contributed by atoms with van der Waals surface area (Å²) in [5.41, 5.74) is -0.0317. The monoisotopic (exact) mass is 249 g/mol. The third-order valence-electron chi connectivity index (χ3n) is 3.28. The topological polar surface area (TPSA) is 54.3 Å². The van der Waals surface area contributed by atoms with Gasteiger partial charge in [-0.2, -0.15) is 0 Å². The minimum atomic E-state index is -0.205. The molecule has 1 unspecified atom stereocenters. The SMILES string of the molecule is CCC(C(=O)N1CCNCC1)n1ccc(=O)cc1. The van der Waals surface area contributed by atoms with Gasteiger partial charge in [0.1, 0.15) is 6.04 Å². The molecule has 0 spiro atoms. The molecule has 2 rings (SSSR count). The van der Waals surface area contributed by atoms with Gasteiger partial charge in [0.2, 0.25) is 5.91 Å². The first-order valence-electron chi connectivity index (χ1n) is 6.39. The van der Waals surface area contributed by atoms with Gasteiger partial charge in [0.15, 0.2) is 5.43 Å². The normalized spacial score (nSPS) is 17.5. The van der Waals surface area contributed by atoms with Crippen LogP contribution < -0.4 is 10.7 Å². The quantitative estimate of drug-likeness (QED) is 0.834. The highest BCUT2D eigenvalue weighted by atomic mass is 16.2. The lowest BCUT2D eigenvalue weighted by atomic mass is 10.1. The summed E-state index contributed by atoms with van der Waals surface area (Å²) in [5, 5.41) is 3.23. The van der Waals surface area contributed by atoms with Crippen molar-refractivity contribution >= 4 is 5.91 Å². The van der Waals surface area contributed by atoms with E-state index in [1.807, 2.05) is 16.4 Å². The van der Waals surface area contributed by atoms with E-state index in [1.165, 1.54) is 12.1 Å². The van der Waals surface area contributed by atoms with Gasteiger partial charge < -0.3 is 14.8 Å². The van der Waals surface area contributed by atoms with Crippen LogP contribution in [0.5, 0.6) is 0 Å². The number of amides is 1. The van der Waals surface area contributed by atoms with Crippen LogP contribution in [-0.2, 0) is 4.79 Å². The van der Waals surface area contributed by atoms with Gasteiger partial charge in [-0.3, -0.25) is 9.59 Å². The predicted molar refractivity (Wildman–Crippen MR) is 69.5 cm³/mol. The fourth-order valence-electron chi connectivity index (χ4n) is 2.24. The van der Waals surface area contributed by atoms with Gasteiger partial charge in [0.25, 0.3) is 0 Å². The number of nitrogens with one attached hydrogen (secondary N) is 1. The smallest absolute Gasteiger partial charge is 0.245 e. The molecule has 1 amide bonds. The summed E-state index contributed by atoms with van der Waals surface area (Å²) in [6.45, 7) is 5.21. The zero-order chi connectivity index (χ0) is 13.0. The molecule has 1 aromatic rings. The lowest BCUT2D eigenvalue weighted by Gasteiger charge is -2.31. The van der Waals surface area contributed by atoms with Gasteiger partial charge in [0.05, 0.1) is 0 Å². The van der Waals surface area contributed by atoms with Crippen LogP contribution in [0.15, 0.2) is 29.3 Å². The second-order valence-corrected chi connectivity index (χ2v) is 4.48. The molecular formula is C13H19N3O2. The largest absolute Gasteiger partial charge is 0.342 e. The Labute approximate surface area is 106 Å². The van der Waals surface area contributed by atoms with Gasteiger partial charge in [-0.1, -0.05) is 6.92 Å². The molecule has 0 aliphatic carbocycles. The molecule has 1 aromatic heterocycles. The average Bonchev–Trinajstić information content (AvgIpc) is 2.42. The summed E-state index contributed by atoms with van der Waals surface area (Å²) >= 11 is 0. The first kappa shape index (κ1) is 12.8. The van der Waals surface area contributed by atoms with Gasteiger partial charge in [-0.05, 0) is 6.42 Å². The lowest BCUT2D eigenvalue weighted by Crippen LogP contribution is -2.48. The molecule has 1 saturated heterocycles. The van der Waals surface area contributed by atoms with Crippen molar-refractivity contribution in [2.45, 2.75) is 19.4 Å². The second kappa shape index (κ2) is 5.82. The van der Waals surface area contributed by atoms with E-state index in [9.17, 15) is 9.59 Å². The minimum absolute atomic E-state index is 0.0317. The molecule has 2 heterocycles. The number of rotatable bonds is 3. The lowest BCUT2D eigenvalue weighted by molar-refractivity contribution is -0.135. The van der Waals surface area contributed by atoms with Crippen LogP contribution in [0, 0.1) is 0 Å². The van der Waals surface area contributed by atoms with Crippen molar-refractivity contribution in [3.8, 4) is 0 Å². The molecule has 98 valence electrons. The Balaban J connectivity index is 2.14. The number of nitrogens with zero attached hydrogens (tertiary/aromatic N) is 2. The van der Waals surface area contributed by atoms with E-state index in [0.717, 1.165) is 32.6 Å². The zero-order valence-corrected chi connectivity index (χ0v) is 10.6. The standard InChI is InChI=1S/C13H19N3O2/c1-2-12(15-7-3-11(17)4-8-15)13(18)16-9-5-14-6-10-16/h3-4,7-8,12,14H,2,5-6,9-10H2,1H3. The minimum Gasteiger partial charge on any atom is -0.342 e. The summed E-state index contributed by atoms with van der Waals surface area (Å²) in [4.78, 5) is 25.4. The first-order chi connectivity index (χ1) is 8.72. The van der Waals surface area contributed by atoms with Crippen LogP contribution in [0.1, 0.15) is 19.4 Å². The number of pyridine rings is 1. The van der Waals surface area contributed by atoms with Gasteiger partial charge in [0, 0.05) is 50.7 Å². The van der Waals surface area contributed by atoms with Crippen LogP contribution >= 0.6 is 0 Å². The number of aromatic nitrogens is 1. The van der Waals surface area contributed by atoms with E-state index < -0.39 is 0 Å². The Morgan fingerprint density at radius 1 is 1.33 bits per heavy atom. The van der Waals surface area contributed by atoms with Crippen molar-refractivity contribution < 1.29 is 4.79 Å². The van der Waals surface area contributed by atoms with E-state index >= 15 is 0 Å². The number of piperazine rings is 1. The van der Waals surface area contributed by atoms with Crippen LogP contribution in [-0.4, -0.2) is 41.6 Å². The fraction of sp³-hybridized carbons (Fsp3) is 0.538. The molecule has 1 aliphatic rings. The molecular weight excluding hydrogens is 230 g/mol. The molecule has 0 saturated carbocycles. The van der Waals surface area contributed by atoms with E-state index in [1.54, 1.807) is 12.4 Å². The fourth-order valence-corrected chi connectivity index (χ4v) is 2.24. The van der Waals surface area contributed by atoms with Gasteiger partial charge >= 0.3 is 0 Å². The molecule has 5 heteroatoms. The molecule has 0 bridgehead atoms. The van der Waals surface area contributed by atoms with E-state index in [-0.39, 0.29) is 17.4 Å². The van der Waals surface area contributed by atoms with Crippen LogP contribution in [0.3, 0.4) is 0 Å². The number of carbonyl (C=O) groups is 1. The highest BCUT2D eigenvalue weighted by Gasteiger charge is 2.24. The Bertz CT molecular complexity index is 443. The average molecular weight is 249 g/mol. The van der Waals surface area contributed by atoms with E-state index in [4.69, 9.17) is 0 Å². The highest BCUT2D eigenvalue weighted by Crippen LogP contribution is 2.14. The van der Waals surface area contributed by atoms with E-state index in [0.29, 0.717) is 0 Å². The second-order valence-electron chi connectivity index (χ2n) is 4.48. The van der Waals surface area contributed by atoms with Crippen molar-refractivity contribution in [3.63, 3.8) is 0 Å². The molecule has 5 nitrogen and oxygen atoms in total. The molecule has 1 N–H and O–H groups in total. The van der Waals surface area contributed by atoms with Crippen molar-refractivity contribution in [3.05, 3.63) is 34.7 Å². The molecule has 18 heavy (non-hydrogen) atoms. The maximum Gasteiger partial charge on any atom is 0.245 e. The Hall–Kier alpha value is -1.62. The predicted octanol–water partition coefficient (Wildman–Crippen LogP) is 0.231. The molecule has 1 aliphatic heterocycles. The molecule has 1 atom stereocenters. The van der Waals surface area contributed by atoms with E-state index in [2.05, 4.69) is 5.32 Å². The number of hydrogen-bond acceptors (Lipinski definition) is 3. The van der Waals surface area contributed by atoms with Crippen molar-refractivity contribution in [2.24, 2.45) is 0 Å².